The lowest BCUT2D eigenvalue weighted by atomic mass is 9.67. The molecular weight excluding hydrogens is 416 g/mol. The van der Waals surface area contributed by atoms with E-state index < -0.39 is 5.54 Å². The van der Waals surface area contributed by atoms with Gasteiger partial charge in [0.1, 0.15) is 17.9 Å². The zero-order valence-electron chi connectivity index (χ0n) is 18.5. The Morgan fingerprint density at radius 2 is 1.71 bits per heavy atom. The standard InChI is InChI=1S/C23H33ClN4O3/c1-17-6-5-7-18(2)23(17)21(29)28(22(30)25-23)16-27-12-10-26(11-13-27)14-15-31-20-9-4-3-8-19(20)24/h3-4,8-9,17-18H,5-7,10-16H2,1-2H3,(H,25,30)/t17-,18-/m0/s1. The fourth-order valence-corrected chi connectivity index (χ4v) is 5.47. The molecule has 1 saturated carbocycles. The second-order valence-corrected chi connectivity index (χ2v) is 9.55. The van der Waals surface area contributed by atoms with Gasteiger partial charge in [0, 0.05) is 32.7 Å². The summed E-state index contributed by atoms with van der Waals surface area (Å²) in [6, 6.07) is 7.26. The number of imide groups is 1. The highest BCUT2D eigenvalue weighted by Gasteiger charge is 2.58. The van der Waals surface area contributed by atoms with Crippen LogP contribution in [-0.2, 0) is 4.79 Å². The summed E-state index contributed by atoms with van der Waals surface area (Å²) in [5.74, 6) is 1.02. The number of piperazine rings is 1. The molecule has 3 amide bonds. The second-order valence-electron chi connectivity index (χ2n) is 9.15. The van der Waals surface area contributed by atoms with Gasteiger partial charge in [-0.1, -0.05) is 44.0 Å². The third kappa shape index (κ3) is 4.41. The van der Waals surface area contributed by atoms with Crippen molar-refractivity contribution in [1.29, 1.82) is 0 Å². The Labute approximate surface area is 189 Å². The third-order valence-corrected chi connectivity index (χ3v) is 7.61. The van der Waals surface area contributed by atoms with Crippen molar-refractivity contribution in [2.24, 2.45) is 11.8 Å². The van der Waals surface area contributed by atoms with E-state index in [0.717, 1.165) is 52.0 Å². The highest BCUT2D eigenvalue weighted by molar-refractivity contribution is 6.32. The highest BCUT2D eigenvalue weighted by atomic mass is 35.5. The van der Waals surface area contributed by atoms with Crippen LogP contribution >= 0.6 is 11.6 Å². The number of amides is 3. The van der Waals surface area contributed by atoms with E-state index in [0.29, 0.717) is 24.0 Å². The molecule has 8 heteroatoms. The van der Waals surface area contributed by atoms with E-state index in [4.69, 9.17) is 16.3 Å². The van der Waals surface area contributed by atoms with Gasteiger partial charge in [-0.3, -0.25) is 14.6 Å². The van der Waals surface area contributed by atoms with Crippen LogP contribution in [0.3, 0.4) is 0 Å². The van der Waals surface area contributed by atoms with Crippen molar-refractivity contribution in [2.75, 3.05) is 46.0 Å². The highest BCUT2D eigenvalue weighted by Crippen LogP contribution is 2.42. The first kappa shape index (κ1) is 22.4. The van der Waals surface area contributed by atoms with Crippen molar-refractivity contribution in [3.63, 3.8) is 0 Å². The zero-order valence-corrected chi connectivity index (χ0v) is 19.2. The maximum absolute atomic E-state index is 13.3. The fraction of sp³-hybridized carbons (Fsp3) is 0.652. The quantitative estimate of drug-likeness (QED) is 0.677. The normalized spacial score (nSPS) is 27.0. The van der Waals surface area contributed by atoms with E-state index in [1.807, 2.05) is 24.3 Å². The Morgan fingerprint density at radius 3 is 2.39 bits per heavy atom. The van der Waals surface area contributed by atoms with Crippen LogP contribution < -0.4 is 10.1 Å². The molecule has 0 aromatic heterocycles. The predicted molar refractivity (Wildman–Crippen MR) is 120 cm³/mol. The van der Waals surface area contributed by atoms with Gasteiger partial charge in [0.25, 0.3) is 5.91 Å². The third-order valence-electron chi connectivity index (χ3n) is 7.29. The minimum Gasteiger partial charge on any atom is -0.491 e. The molecule has 1 aromatic carbocycles. The van der Waals surface area contributed by atoms with Crippen molar-refractivity contribution in [1.82, 2.24) is 20.0 Å². The van der Waals surface area contributed by atoms with E-state index in [9.17, 15) is 9.59 Å². The Balaban J connectivity index is 1.26. The molecule has 2 aliphatic heterocycles. The topological polar surface area (TPSA) is 65.1 Å². The molecule has 31 heavy (non-hydrogen) atoms. The molecule has 7 nitrogen and oxygen atoms in total. The van der Waals surface area contributed by atoms with E-state index in [1.54, 1.807) is 0 Å². The Bertz CT molecular complexity index is 802. The summed E-state index contributed by atoms with van der Waals surface area (Å²) in [4.78, 5) is 32.0. The fourth-order valence-electron chi connectivity index (χ4n) is 5.28. The summed E-state index contributed by atoms with van der Waals surface area (Å²) >= 11 is 6.13. The summed E-state index contributed by atoms with van der Waals surface area (Å²) in [5.41, 5.74) is -0.715. The number of hydrogen-bond acceptors (Lipinski definition) is 5. The van der Waals surface area contributed by atoms with Crippen molar-refractivity contribution >= 4 is 23.5 Å². The van der Waals surface area contributed by atoms with Crippen LogP contribution in [0.1, 0.15) is 33.1 Å². The molecule has 0 bridgehead atoms. The minimum atomic E-state index is -0.715. The summed E-state index contributed by atoms with van der Waals surface area (Å²) in [6.45, 7) is 9.37. The minimum absolute atomic E-state index is 0.0345. The van der Waals surface area contributed by atoms with Crippen molar-refractivity contribution in [2.45, 2.75) is 38.6 Å². The van der Waals surface area contributed by atoms with Crippen molar-refractivity contribution in [3.05, 3.63) is 29.3 Å². The summed E-state index contributed by atoms with van der Waals surface area (Å²) < 4.78 is 5.79. The first-order valence-corrected chi connectivity index (χ1v) is 11.8. The summed E-state index contributed by atoms with van der Waals surface area (Å²) in [6.07, 6.45) is 3.09. The molecular formula is C23H33ClN4O3. The number of hydrogen-bond donors (Lipinski definition) is 1. The van der Waals surface area contributed by atoms with E-state index in [-0.39, 0.29) is 23.8 Å². The molecule has 1 N–H and O–H groups in total. The number of carbonyl (C=O) groups is 2. The van der Waals surface area contributed by atoms with Crippen LogP contribution in [-0.4, -0.2) is 78.2 Å². The number of nitrogens with zero attached hydrogens (tertiary/aromatic N) is 3. The molecule has 0 unspecified atom stereocenters. The van der Waals surface area contributed by atoms with E-state index >= 15 is 0 Å². The molecule has 0 radical (unpaired) electrons. The average Bonchev–Trinajstić information content (AvgIpc) is 3.00. The van der Waals surface area contributed by atoms with Crippen LogP contribution in [0.2, 0.25) is 5.02 Å². The number of nitrogens with one attached hydrogen (secondary N) is 1. The van der Waals surface area contributed by atoms with Gasteiger partial charge in [0.05, 0.1) is 11.7 Å². The molecule has 2 saturated heterocycles. The van der Waals surface area contributed by atoms with Crippen LogP contribution in [0.5, 0.6) is 5.75 Å². The summed E-state index contributed by atoms with van der Waals surface area (Å²) in [5, 5.41) is 3.71. The molecule has 2 atom stereocenters. The van der Waals surface area contributed by atoms with Crippen LogP contribution in [0.25, 0.3) is 0 Å². The maximum Gasteiger partial charge on any atom is 0.326 e. The number of carbonyl (C=O) groups excluding carboxylic acids is 2. The number of benzene rings is 1. The van der Waals surface area contributed by atoms with Gasteiger partial charge in [-0.15, -0.1) is 0 Å². The Kier molecular flexibility index (Phi) is 6.74. The lowest BCUT2D eigenvalue weighted by Crippen LogP contribution is -2.59. The molecule has 1 spiro atoms. The number of halogens is 1. The molecule has 170 valence electrons. The van der Waals surface area contributed by atoms with Gasteiger partial charge < -0.3 is 10.1 Å². The van der Waals surface area contributed by atoms with Gasteiger partial charge >= 0.3 is 6.03 Å². The lowest BCUT2D eigenvalue weighted by Gasteiger charge is -2.42. The van der Waals surface area contributed by atoms with Gasteiger partial charge in [-0.25, -0.2) is 9.69 Å². The SMILES string of the molecule is C[C@H]1CCC[C@H](C)C12NC(=O)N(CN1CCN(CCOc3ccccc3Cl)CC1)C2=O. The van der Waals surface area contributed by atoms with Gasteiger partial charge in [-0.2, -0.15) is 0 Å². The monoisotopic (exact) mass is 448 g/mol. The number of ether oxygens (including phenoxy) is 1. The van der Waals surface area contributed by atoms with Gasteiger partial charge in [0.2, 0.25) is 0 Å². The zero-order chi connectivity index (χ0) is 22.0. The van der Waals surface area contributed by atoms with Gasteiger partial charge in [0.15, 0.2) is 0 Å². The predicted octanol–water partition coefficient (Wildman–Crippen LogP) is 3.04. The molecule has 1 aliphatic carbocycles. The average molecular weight is 449 g/mol. The Morgan fingerprint density at radius 1 is 1.06 bits per heavy atom. The molecule has 4 rings (SSSR count). The maximum atomic E-state index is 13.3. The number of urea groups is 1. The van der Waals surface area contributed by atoms with Crippen molar-refractivity contribution < 1.29 is 14.3 Å². The Hall–Kier alpha value is -1.83. The number of rotatable bonds is 6. The summed E-state index contributed by atoms with van der Waals surface area (Å²) in [7, 11) is 0. The number of para-hydroxylation sites is 1. The largest absolute Gasteiger partial charge is 0.491 e. The molecule has 3 fully saturated rings. The van der Waals surface area contributed by atoms with Crippen LogP contribution in [0.15, 0.2) is 24.3 Å². The van der Waals surface area contributed by atoms with Crippen LogP contribution in [0, 0.1) is 11.8 Å². The molecule has 3 aliphatic rings. The molecule has 2 heterocycles. The van der Waals surface area contributed by atoms with E-state index in [2.05, 4.69) is 29.0 Å². The van der Waals surface area contributed by atoms with Crippen molar-refractivity contribution in [3.8, 4) is 5.75 Å². The smallest absolute Gasteiger partial charge is 0.326 e. The van der Waals surface area contributed by atoms with Gasteiger partial charge in [-0.05, 0) is 36.8 Å². The van der Waals surface area contributed by atoms with Crippen LogP contribution in [0.4, 0.5) is 4.79 Å². The second kappa shape index (κ2) is 9.35. The first-order valence-electron chi connectivity index (χ1n) is 11.4. The van der Waals surface area contributed by atoms with E-state index in [1.165, 1.54) is 4.90 Å². The first-order chi connectivity index (χ1) is 14.9. The lowest BCUT2D eigenvalue weighted by molar-refractivity contribution is -0.138. The molecule has 1 aromatic rings.